The molecular weight excluding hydrogens is 468 g/mol. The van der Waals surface area contributed by atoms with Crippen molar-refractivity contribution >= 4 is 17.8 Å². The van der Waals surface area contributed by atoms with Crippen molar-refractivity contribution in [1.29, 1.82) is 0 Å². The molecule has 1 aromatic carbocycles. The van der Waals surface area contributed by atoms with Gasteiger partial charge in [0, 0.05) is 19.2 Å². The number of pyridine rings is 1. The number of aryl methyl sites for hydroxylation is 1. The minimum absolute atomic E-state index is 0.0282. The zero-order valence-corrected chi connectivity index (χ0v) is 21.7. The predicted molar refractivity (Wildman–Crippen MR) is 131 cm³/mol. The second kappa shape index (κ2) is 13.3. The number of nitrogens with zero attached hydrogens (tertiary/aromatic N) is 1. The predicted octanol–water partition coefficient (Wildman–Crippen LogP) is 3.45. The molecule has 10 nitrogen and oxygen atoms in total. The van der Waals surface area contributed by atoms with Crippen molar-refractivity contribution in [3.05, 3.63) is 47.8 Å². The van der Waals surface area contributed by atoms with E-state index in [1.807, 2.05) is 52.0 Å². The fraction of sp³-hybridized carbons (Fsp3) is 0.462. The van der Waals surface area contributed by atoms with Crippen LogP contribution in [0.4, 0.5) is 0 Å². The topological polar surface area (TPSA) is 122 Å². The van der Waals surface area contributed by atoms with Crippen molar-refractivity contribution in [3.8, 4) is 17.2 Å². The van der Waals surface area contributed by atoms with E-state index in [-0.39, 0.29) is 23.1 Å². The molecule has 10 heteroatoms. The number of benzene rings is 1. The quantitative estimate of drug-likeness (QED) is 0.343. The van der Waals surface area contributed by atoms with Gasteiger partial charge in [-0.1, -0.05) is 31.5 Å². The van der Waals surface area contributed by atoms with E-state index in [0.717, 1.165) is 5.56 Å². The second-order valence-electron chi connectivity index (χ2n) is 8.57. The van der Waals surface area contributed by atoms with E-state index in [1.165, 1.54) is 33.2 Å². The highest BCUT2D eigenvalue weighted by Gasteiger charge is 2.30. The summed E-state index contributed by atoms with van der Waals surface area (Å²) in [5.41, 5.74) is 0.967. The number of amides is 1. The molecule has 0 bridgehead atoms. The highest BCUT2D eigenvalue weighted by atomic mass is 16.7. The SMILES string of the molecule is COc1ccnc(C(=O)N[C@@H](C)C(=O)O[C@@H](C(C)C)[C@H](C)Oc2ccc(C)cc2)c1OCOC(C)=O. The zero-order valence-electron chi connectivity index (χ0n) is 21.7. The van der Waals surface area contributed by atoms with Crippen molar-refractivity contribution < 1.29 is 38.1 Å². The second-order valence-corrected chi connectivity index (χ2v) is 8.57. The van der Waals surface area contributed by atoms with Crippen LogP contribution in [0.1, 0.15) is 50.7 Å². The monoisotopic (exact) mass is 502 g/mol. The molecule has 0 fully saturated rings. The molecule has 0 saturated carbocycles. The summed E-state index contributed by atoms with van der Waals surface area (Å²) >= 11 is 0. The van der Waals surface area contributed by atoms with Crippen LogP contribution >= 0.6 is 0 Å². The van der Waals surface area contributed by atoms with E-state index < -0.39 is 42.9 Å². The van der Waals surface area contributed by atoms with Gasteiger partial charge in [0.2, 0.25) is 6.79 Å². The van der Waals surface area contributed by atoms with Crippen molar-refractivity contribution in [1.82, 2.24) is 10.3 Å². The Balaban J connectivity index is 2.08. The average Bonchev–Trinajstić information content (AvgIpc) is 2.83. The molecule has 0 radical (unpaired) electrons. The van der Waals surface area contributed by atoms with Gasteiger partial charge in [-0.15, -0.1) is 0 Å². The van der Waals surface area contributed by atoms with Gasteiger partial charge in [-0.3, -0.25) is 9.59 Å². The molecule has 1 amide bonds. The number of carbonyl (C=O) groups is 3. The molecular formula is C26H34N2O8. The number of rotatable bonds is 12. The first kappa shape index (κ1) is 28.4. The van der Waals surface area contributed by atoms with Gasteiger partial charge >= 0.3 is 11.9 Å². The lowest BCUT2D eigenvalue weighted by Crippen LogP contribution is -2.45. The molecule has 1 aromatic heterocycles. The minimum Gasteiger partial charge on any atom is -0.493 e. The molecule has 1 heterocycles. The van der Waals surface area contributed by atoms with Crippen LogP contribution in [0.2, 0.25) is 0 Å². The molecule has 2 aromatic rings. The Morgan fingerprint density at radius 3 is 2.28 bits per heavy atom. The Bertz CT molecular complexity index is 1040. The maximum absolute atomic E-state index is 12.9. The zero-order chi connectivity index (χ0) is 26.8. The summed E-state index contributed by atoms with van der Waals surface area (Å²) in [6.45, 7) is 9.94. The first-order valence-electron chi connectivity index (χ1n) is 11.6. The number of esters is 2. The van der Waals surface area contributed by atoms with Crippen LogP contribution in [0.15, 0.2) is 36.5 Å². The smallest absolute Gasteiger partial charge is 0.328 e. The van der Waals surface area contributed by atoms with E-state index in [2.05, 4.69) is 10.3 Å². The van der Waals surface area contributed by atoms with Crippen LogP contribution in [-0.2, 0) is 19.1 Å². The normalized spacial score (nSPS) is 13.2. The van der Waals surface area contributed by atoms with Crippen LogP contribution in [-0.4, -0.2) is 55.0 Å². The minimum atomic E-state index is -1.00. The van der Waals surface area contributed by atoms with Crippen molar-refractivity contribution in [2.45, 2.75) is 59.8 Å². The Morgan fingerprint density at radius 1 is 1.03 bits per heavy atom. The first-order chi connectivity index (χ1) is 17.0. The van der Waals surface area contributed by atoms with Crippen LogP contribution in [0.3, 0.4) is 0 Å². The summed E-state index contributed by atoms with van der Waals surface area (Å²) in [4.78, 5) is 40.8. The molecule has 2 rings (SSSR count). The van der Waals surface area contributed by atoms with Crippen LogP contribution in [0.25, 0.3) is 0 Å². The number of aromatic nitrogens is 1. The molecule has 36 heavy (non-hydrogen) atoms. The molecule has 0 aliphatic carbocycles. The Labute approximate surface area is 211 Å². The van der Waals surface area contributed by atoms with Gasteiger partial charge in [0.05, 0.1) is 7.11 Å². The lowest BCUT2D eigenvalue weighted by atomic mass is 10.0. The lowest BCUT2D eigenvalue weighted by Gasteiger charge is -2.29. The highest BCUT2D eigenvalue weighted by molar-refractivity contribution is 5.98. The Kier molecular flexibility index (Phi) is 10.5. The van der Waals surface area contributed by atoms with Gasteiger partial charge in [-0.05, 0) is 38.8 Å². The van der Waals surface area contributed by atoms with Gasteiger partial charge in [0.25, 0.3) is 5.91 Å². The maximum atomic E-state index is 12.9. The summed E-state index contributed by atoms with van der Waals surface area (Å²) in [6.07, 6.45) is 0.366. The summed E-state index contributed by atoms with van der Waals surface area (Å²) in [5.74, 6) is -1.08. The third kappa shape index (κ3) is 8.14. The summed E-state index contributed by atoms with van der Waals surface area (Å²) in [5, 5.41) is 2.57. The third-order valence-electron chi connectivity index (χ3n) is 5.18. The standard InChI is InChI=1S/C26H34N2O8/c1-15(2)23(18(5)35-20-10-8-16(3)9-11-20)36-26(31)17(4)28-25(30)22-24(34-14-33-19(6)29)21(32-7)12-13-27-22/h8-13,15,17-18,23H,14H2,1-7H3,(H,28,30)/t17-,18-,23-/m0/s1. The van der Waals surface area contributed by atoms with Crippen molar-refractivity contribution in [2.24, 2.45) is 5.92 Å². The number of carbonyl (C=O) groups excluding carboxylic acids is 3. The van der Waals surface area contributed by atoms with E-state index in [0.29, 0.717) is 5.75 Å². The Hall–Kier alpha value is -3.82. The van der Waals surface area contributed by atoms with E-state index >= 15 is 0 Å². The number of hydrogen-bond donors (Lipinski definition) is 1. The van der Waals surface area contributed by atoms with Crippen LogP contribution in [0.5, 0.6) is 17.2 Å². The molecule has 0 aliphatic rings. The van der Waals surface area contributed by atoms with Gasteiger partial charge in [0.1, 0.15) is 24.0 Å². The van der Waals surface area contributed by atoms with Crippen molar-refractivity contribution in [2.75, 3.05) is 13.9 Å². The summed E-state index contributed by atoms with van der Waals surface area (Å²) < 4.78 is 27.1. The molecule has 0 spiro atoms. The fourth-order valence-electron chi connectivity index (χ4n) is 3.30. The molecule has 0 saturated heterocycles. The number of hydrogen-bond acceptors (Lipinski definition) is 9. The molecule has 0 unspecified atom stereocenters. The van der Waals surface area contributed by atoms with Crippen LogP contribution in [0, 0.1) is 12.8 Å². The van der Waals surface area contributed by atoms with E-state index in [1.54, 1.807) is 0 Å². The first-order valence-corrected chi connectivity index (χ1v) is 11.6. The van der Waals surface area contributed by atoms with E-state index in [4.69, 9.17) is 23.7 Å². The largest absolute Gasteiger partial charge is 0.493 e. The van der Waals surface area contributed by atoms with Gasteiger partial charge in [-0.2, -0.15) is 0 Å². The van der Waals surface area contributed by atoms with Gasteiger partial charge < -0.3 is 29.0 Å². The van der Waals surface area contributed by atoms with Gasteiger partial charge in [-0.25, -0.2) is 9.78 Å². The third-order valence-corrected chi connectivity index (χ3v) is 5.18. The Morgan fingerprint density at radius 2 is 1.69 bits per heavy atom. The molecule has 3 atom stereocenters. The van der Waals surface area contributed by atoms with Crippen LogP contribution < -0.4 is 19.5 Å². The van der Waals surface area contributed by atoms with Crippen molar-refractivity contribution in [3.63, 3.8) is 0 Å². The molecule has 0 aliphatic heterocycles. The van der Waals surface area contributed by atoms with E-state index in [9.17, 15) is 14.4 Å². The number of ether oxygens (including phenoxy) is 5. The highest BCUT2D eigenvalue weighted by Crippen LogP contribution is 2.29. The molecule has 196 valence electrons. The maximum Gasteiger partial charge on any atom is 0.328 e. The summed E-state index contributed by atoms with van der Waals surface area (Å²) in [6, 6.07) is 8.08. The number of nitrogens with one attached hydrogen (secondary N) is 1. The van der Waals surface area contributed by atoms with Gasteiger partial charge in [0.15, 0.2) is 17.2 Å². The lowest BCUT2D eigenvalue weighted by molar-refractivity contribution is -0.158. The average molecular weight is 503 g/mol. The summed E-state index contributed by atoms with van der Waals surface area (Å²) in [7, 11) is 1.39. The number of methoxy groups -OCH3 is 1. The fourth-order valence-corrected chi connectivity index (χ4v) is 3.30. The molecule has 1 N–H and O–H groups in total.